The van der Waals surface area contributed by atoms with Crippen molar-refractivity contribution < 1.29 is 14.3 Å². The largest absolute Gasteiger partial charge is 0.459 e. The molecule has 0 spiro atoms. The zero-order valence-electron chi connectivity index (χ0n) is 11.7. The third-order valence-electron chi connectivity index (χ3n) is 2.15. The molecular formula is C13H19N3O3S. The molecule has 0 radical (unpaired) electrons. The van der Waals surface area contributed by atoms with E-state index >= 15 is 0 Å². The molecule has 0 saturated carbocycles. The maximum absolute atomic E-state index is 11.9. The fourth-order valence-corrected chi connectivity index (χ4v) is 1.94. The van der Waals surface area contributed by atoms with Crippen molar-refractivity contribution in [3.05, 3.63) is 29.8 Å². The summed E-state index contributed by atoms with van der Waals surface area (Å²) in [4.78, 5) is 23.3. The van der Waals surface area contributed by atoms with Crippen LogP contribution < -0.4 is 16.2 Å². The summed E-state index contributed by atoms with van der Waals surface area (Å²) in [5.41, 5.74) is 10.9. The molecule has 0 fully saturated rings. The SMILES string of the molecule is CC(C)(C)OC(=O)C(N)c1cccc(SNC(N)=O)c1. The minimum Gasteiger partial charge on any atom is -0.459 e. The number of primary amides is 1. The maximum atomic E-state index is 11.9. The molecule has 1 unspecified atom stereocenters. The summed E-state index contributed by atoms with van der Waals surface area (Å²) in [6.45, 7) is 5.34. The molecule has 7 heteroatoms. The highest BCUT2D eigenvalue weighted by Gasteiger charge is 2.23. The monoisotopic (exact) mass is 297 g/mol. The highest BCUT2D eigenvalue weighted by Crippen LogP contribution is 2.21. The van der Waals surface area contributed by atoms with Gasteiger partial charge >= 0.3 is 12.0 Å². The third kappa shape index (κ3) is 5.50. The molecule has 5 N–H and O–H groups in total. The Labute approximate surface area is 122 Å². The first-order valence-corrected chi connectivity index (χ1v) is 6.81. The van der Waals surface area contributed by atoms with E-state index in [-0.39, 0.29) is 0 Å². The van der Waals surface area contributed by atoms with Crippen molar-refractivity contribution in [1.82, 2.24) is 4.72 Å². The normalized spacial score (nSPS) is 12.6. The molecule has 1 aromatic carbocycles. The number of esters is 1. The van der Waals surface area contributed by atoms with Gasteiger partial charge in [-0.15, -0.1) is 0 Å². The average Bonchev–Trinajstić information content (AvgIpc) is 2.33. The van der Waals surface area contributed by atoms with E-state index in [0.717, 1.165) is 16.8 Å². The van der Waals surface area contributed by atoms with Gasteiger partial charge in [-0.05, 0) is 50.4 Å². The second kappa shape index (κ2) is 6.62. The van der Waals surface area contributed by atoms with Gasteiger partial charge in [-0.3, -0.25) is 4.72 Å². The van der Waals surface area contributed by atoms with Crippen LogP contribution in [0, 0.1) is 0 Å². The lowest BCUT2D eigenvalue weighted by molar-refractivity contribution is -0.156. The van der Waals surface area contributed by atoms with E-state index in [1.165, 1.54) is 0 Å². The van der Waals surface area contributed by atoms with Crippen molar-refractivity contribution in [3.63, 3.8) is 0 Å². The van der Waals surface area contributed by atoms with Crippen molar-refractivity contribution in [2.24, 2.45) is 11.5 Å². The van der Waals surface area contributed by atoms with E-state index < -0.39 is 23.6 Å². The van der Waals surface area contributed by atoms with Gasteiger partial charge in [0.15, 0.2) is 0 Å². The first-order valence-electron chi connectivity index (χ1n) is 6.00. The van der Waals surface area contributed by atoms with E-state index in [9.17, 15) is 9.59 Å². The fourth-order valence-electron chi connectivity index (χ4n) is 1.38. The first-order chi connectivity index (χ1) is 9.19. The van der Waals surface area contributed by atoms with Gasteiger partial charge in [0.2, 0.25) is 0 Å². The van der Waals surface area contributed by atoms with Gasteiger partial charge in [0.25, 0.3) is 0 Å². The highest BCUT2D eigenvalue weighted by molar-refractivity contribution is 7.98. The van der Waals surface area contributed by atoms with Crippen molar-refractivity contribution in [2.75, 3.05) is 0 Å². The van der Waals surface area contributed by atoms with Crippen molar-refractivity contribution in [3.8, 4) is 0 Å². The summed E-state index contributed by atoms with van der Waals surface area (Å²) >= 11 is 1.05. The topological polar surface area (TPSA) is 107 Å². The number of rotatable bonds is 4. The molecule has 0 aliphatic carbocycles. The van der Waals surface area contributed by atoms with Crippen LogP contribution in [0.4, 0.5) is 4.79 Å². The van der Waals surface area contributed by atoms with Gasteiger partial charge in [0.1, 0.15) is 11.6 Å². The molecule has 1 aromatic rings. The quantitative estimate of drug-likeness (QED) is 0.579. The minimum absolute atomic E-state index is 0.498. The third-order valence-corrected chi connectivity index (χ3v) is 2.94. The summed E-state index contributed by atoms with van der Waals surface area (Å²) in [5.74, 6) is -0.498. The van der Waals surface area contributed by atoms with E-state index in [4.69, 9.17) is 16.2 Å². The van der Waals surface area contributed by atoms with Crippen LogP contribution in [0.15, 0.2) is 29.2 Å². The second-order valence-electron chi connectivity index (χ2n) is 5.15. The zero-order valence-corrected chi connectivity index (χ0v) is 12.5. The van der Waals surface area contributed by atoms with Crippen LogP contribution in [0.25, 0.3) is 0 Å². The maximum Gasteiger partial charge on any atom is 0.328 e. The predicted molar refractivity (Wildman–Crippen MR) is 77.8 cm³/mol. The van der Waals surface area contributed by atoms with E-state index in [0.29, 0.717) is 5.56 Å². The molecule has 0 aliphatic heterocycles. The van der Waals surface area contributed by atoms with Crippen LogP contribution in [0.1, 0.15) is 32.4 Å². The van der Waals surface area contributed by atoms with Gasteiger partial charge in [-0.25, -0.2) is 9.59 Å². The molecule has 0 saturated heterocycles. The van der Waals surface area contributed by atoms with Crippen molar-refractivity contribution in [2.45, 2.75) is 37.3 Å². The molecular weight excluding hydrogens is 278 g/mol. The van der Waals surface area contributed by atoms with Crippen LogP contribution in [0.3, 0.4) is 0 Å². The Kier molecular flexibility index (Phi) is 5.41. The van der Waals surface area contributed by atoms with Crippen LogP contribution in [-0.2, 0) is 9.53 Å². The van der Waals surface area contributed by atoms with Gasteiger partial charge < -0.3 is 16.2 Å². The van der Waals surface area contributed by atoms with Crippen molar-refractivity contribution in [1.29, 1.82) is 0 Å². The summed E-state index contributed by atoms with van der Waals surface area (Å²) in [7, 11) is 0. The van der Waals surface area contributed by atoms with E-state index in [1.807, 2.05) is 0 Å². The van der Waals surface area contributed by atoms with Crippen LogP contribution in [-0.4, -0.2) is 17.6 Å². The Morgan fingerprint density at radius 1 is 1.35 bits per heavy atom. The molecule has 0 aromatic heterocycles. The Bertz CT molecular complexity index is 500. The lowest BCUT2D eigenvalue weighted by Crippen LogP contribution is -2.31. The Morgan fingerprint density at radius 3 is 2.55 bits per heavy atom. The van der Waals surface area contributed by atoms with Gasteiger partial charge in [0, 0.05) is 4.90 Å². The number of nitrogens with two attached hydrogens (primary N) is 2. The molecule has 6 nitrogen and oxygen atoms in total. The number of nitrogens with one attached hydrogen (secondary N) is 1. The van der Waals surface area contributed by atoms with Crippen LogP contribution in [0.2, 0.25) is 0 Å². The number of carbonyl (C=O) groups excluding carboxylic acids is 2. The number of benzene rings is 1. The lowest BCUT2D eigenvalue weighted by Gasteiger charge is -2.22. The first kappa shape index (κ1) is 16.3. The number of hydrogen-bond acceptors (Lipinski definition) is 5. The van der Waals surface area contributed by atoms with E-state index in [2.05, 4.69) is 4.72 Å². The average molecular weight is 297 g/mol. The summed E-state index contributed by atoms with van der Waals surface area (Å²) in [6, 6.07) is 5.43. The number of hydrogen-bond donors (Lipinski definition) is 3. The number of amides is 2. The molecule has 0 bridgehead atoms. The fraction of sp³-hybridized carbons (Fsp3) is 0.385. The summed E-state index contributed by atoms with van der Waals surface area (Å²) < 4.78 is 7.63. The molecule has 110 valence electrons. The Morgan fingerprint density at radius 2 is 2.00 bits per heavy atom. The molecule has 1 atom stereocenters. The minimum atomic E-state index is -0.872. The Hall–Kier alpha value is -1.73. The lowest BCUT2D eigenvalue weighted by atomic mass is 10.1. The number of urea groups is 1. The van der Waals surface area contributed by atoms with Gasteiger partial charge in [0.05, 0.1) is 0 Å². The summed E-state index contributed by atoms with van der Waals surface area (Å²) in [5, 5.41) is 0. The van der Waals surface area contributed by atoms with Crippen LogP contribution in [0.5, 0.6) is 0 Å². The van der Waals surface area contributed by atoms with Gasteiger partial charge in [-0.1, -0.05) is 12.1 Å². The predicted octanol–water partition coefficient (Wildman–Crippen LogP) is 1.70. The smallest absolute Gasteiger partial charge is 0.328 e. The van der Waals surface area contributed by atoms with E-state index in [1.54, 1.807) is 45.0 Å². The summed E-state index contributed by atoms with van der Waals surface area (Å²) in [6.07, 6.45) is 0. The highest BCUT2D eigenvalue weighted by atomic mass is 32.2. The number of ether oxygens (including phenoxy) is 1. The Balaban J connectivity index is 2.77. The standard InChI is InChI=1S/C13H19N3O3S/c1-13(2,3)19-11(17)10(14)8-5-4-6-9(7-8)20-16-12(15)18/h4-7,10H,14H2,1-3H3,(H3,15,16,18). The second-order valence-corrected chi connectivity index (χ2v) is 6.03. The number of carbonyl (C=O) groups is 2. The molecule has 1 rings (SSSR count). The molecule has 20 heavy (non-hydrogen) atoms. The molecule has 0 aliphatic rings. The molecule has 2 amide bonds. The zero-order chi connectivity index (χ0) is 15.3. The van der Waals surface area contributed by atoms with Crippen molar-refractivity contribution >= 4 is 23.9 Å². The molecule has 0 heterocycles. The van der Waals surface area contributed by atoms with Crippen LogP contribution >= 0.6 is 11.9 Å². The van der Waals surface area contributed by atoms with Gasteiger partial charge in [-0.2, -0.15) is 0 Å².